The molecule has 0 saturated carbocycles. The van der Waals surface area contributed by atoms with Crippen LogP contribution in [-0.2, 0) is 20.7 Å². The van der Waals surface area contributed by atoms with Gasteiger partial charge in [0, 0.05) is 5.39 Å². The summed E-state index contributed by atoms with van der Waals surface area (Å²) >= 11 is 0. The summed E-state index contributed by atoms with van der Waals surface area (Å²) in [7, 11) is 0. The second-order valence-corrected chi connectivity index (χ2v) is 7.17. The molecule has 0 N–H and O–H groups in total. The molecule has 1 aliphatic rings. The van der Waals surface area contributed by atoms with Crippen molar-refractivity contribution in [1.82, 2.24) is 4.98 Å². The third kappa shape index (κ3) is 4.13. The number of furan rings is 1. The minimum Gasteiger partial charge on any atom is -0.465 e. The third-order valence-corrected chi connectivity index (χ3v) is 5.09. The zero-order valence-electron chi connectivity index (χ0n) is 16.8. The van der Waals surface area contributed by atoms with Crippen molar-refractivity contribution in [2.24, 2.45) is 0 Å². The molecule has 6 nitrogen and oxygen atoms in total. The average molecular weight is 405 g/mol. The van der Waals surface area contributed by atoms with Gasteiger partial charge in [0.25, 0.3) is 0 Å². The zero-order chi connectivity index (χ0) is 20.9. The van der Waals surface area contributed by atoms with Crippen LogP contribution in [0, 0.1) is 0 Å². The van der Waals surface area contributed by atoms with Gasteiger partial charge >= 0.3 is 11.9 Å². The molecule has 30 heavy (non-hydrogen) atoms. The Morgan fingerprint density at radius 1 is 1.13 bits per heavy atom. The third-order valence-electron chi connectivity index (χ3n) is 5.09. The minimum atomic E-state index is -0.537. The Morgan fingerprint density at radius 3 is 2.80 bits per heavy atom. The van der Waals surface area contributed by atoms with E-state index >= 15 is 0 Å². The van der Waals surface area contributed by atoms with Crippen LogP contribution in [0.5, 0.6) is 0 Å². The molecule has 0 atom stereocenters. The van der Waals surface area contributed by atoms with Gasteiger partial charge < -0.3 is 13.9 Å². The lowest BCUT2D eigenvalue weighted by Gasteiger charge is -2.12. The summed E-state index contributed by atoms with van der Waals surface area (Å²) in [5.74, 6) is -0.325. The summed E-state index contributed by atoms with van der Waals surface area (Å²) in [5.41, 5.74) is 3.82. The zero-order valence-corrected chi connectivity index (χ0v) is 16.8. The molecular weight excluding hydrogens is 382 g/mol. The summed E-state index contributed by atoms with van der Waals surface area (Å²) in [6.45, 7) is 1.95. The van der Waals surface area contributed by atoms with E-state index in [0.717, 1.165) is 47.2 Å². The van der Waals surface area contributed by atoms with Crippen LogP contribution in [0.2, 0.25) is 0 Å². The number of esters is 2. The molecule has 3 aromatic rings. The number of benzene rings is 1. The predicted octanol–water partition coefficient (Wildman–Crippen LogP) is 4.81. The van der Waals surface area contributed by atoms with E-state index in [1.165, 1.54) is 0 Å². The van der Waals surface area contributed by atoms with Gasteiger partial charge in [0.15, 0.2) is 6.61 Å². The number of allylic oxidation sites excluding steroid dienone is 1. The fourth-order valence-corrected chi connectivity index (χ4v) is 3.63. The smallest absolute Gasteiger partial charge is 0.344 e. The molecule has 1 aromatic carbocycles. The SMILES string of the molecule is CCCCOC(=O)COC(=O)c1c2c(nc3ccccc13)/C(=C/c1ccco1)CC2. The maximum absolute atomic E-state index is 13.0. The highest BCUT2D eigenvalue weighted by molar-refractivity contribution is 6.07. The van der Waals surface area contributed by atoms with E-state index in [0.29, 0.717) is 24.1 Å². The predicted molar refractivity (Wildman–Crippen MR) is 113 cm³/mol. The fraction of sp³-hybridized carbons (Fsp3) is 0.292. The molecular formula is C24H23NO5. The molecule has 0 saturated heterocycles. The highest BCUT2D eigenvalue weighted by atomic mass is 16.6. The van der Waals surface area contributed by atoms with Crippen molar-refractivity contribution in [1.29, 1.82) is 0 Å². The molecule has 0 spiro atoms. The first-order valence-electron chi connectivity index (χ1n) is 10.2. The topological polar surface area (TPSA) is 78.6 Å². The first kappa shape index (κ1) is 19.9. The summed E-state index contributed by atoms with van der Waals surface area (Å²) in [6.07, 6.45) is 6.71. The number of aromatic nitrogens is 1. The number of nitrogens with zero attached hydrogens (tertiary/aromatic N) is 1. The number of unbranched alkanes of at least 4 members (excludes halogenated alkanes) is 1. The summed E-state index contributed by atoms with van der Waals surface area (Å²) in [6, 6.07) is 11.2. The molecule has 0 radical (unpaired) electrons. The molecule has 6 heteroatoms. The standard InChI is InChI=1S/C24H23NO5/c1-2-3-12-29-21(26)15-30-24(27)22-18-8-4-5-9-20(18)25-23-16(10-11-19(22)23)14-17-7-6-13-28-17/h4-9,13-14H,2-3,10-12,15H2,1H3/b16-14+. The van der Waals surface area contributed by atoms with Crippen LogP contribution >= 0.6 is 0 Å². The maximum atomic E-state index is 13.0. The quantitative estimate of drug-likeness (QED) is 0.414. The van der Waals surface area contributed by atoms with Crippen molar-refractivity contribution in [3.05, 3.63) is 65.2 Å². The number of hydrogen-bond acceptors (Lipinski definition) is 6. The van der Waals surface area contributed by atoms with Gasteiger partial charge in [0.1, 0.15) is 5.76 Å². The molecule has 0 amide bonds. The lowest BCUT2D eigenvalue weighted by molar-refractivity contribution is -0.147. The lowest BCUT2D eigenvalue weighted by Crippen LogP contribution is -2.18. The summed E-state index contributed by atoms with van der Waals surface area (Å²) < 4.78 is 15.8. The van der Waals surface area contributed by atoms with Crippen molar-refractivity contribution in [2.45, 2.75) is 32.6 Å². The van der Waals surface area contributed by atoms with Crippen LogP contribution < -0.4 is 0 Å². The van der Waals surface area contributed by atoms with Crippen LogP contribution in [0.4, 0.5) is 0 Å². The van der Waals surface area contributed by atoms with E-state index in [9.17, 15) is 9.59 Å². The Hall–Kier alpha value is -3.41. The largest absolute Gasteiger partial charge is 0.465 e. The Kier molecular flexibility index (Phi) is 5.93. The molecule has 2 aromatic heterocycles. The average Bonchev–Trinajstić information content (AvgIpc) is 3.41. The molecule has 0 fully saturated rings. The number of ether oxygens (including phenoxy) is 2. The number of rotatable bonds is 7. The highest BCUT2D eigenvalue weighted by Gasteiger charge is 2.28. The van der Waals surface area contributed by atoms with Gasteiger partial charge in [-0.2, -0.15) is 0 Å². The van der Waals surface area contributed by atoms with E-state index in [1.807, 2.05) is 49.4 Å². The van der Waals surface area contributed by atoms with E-state index in [4.69, 9.17) is 18.9 Å². The molecule has 154 valence electrons. The van der Waals surface area contributed by atoms with Crippen LogP contribution in [0.15, 0.2) is 47.1 Å². The highest BCUT2D eigenvalue weighted by Crippen LogP contribution is 2.37. The summed E-state index contributed by atoms with van der Waals surface area (Å²) in [5, 5.41) is 0.722. The van der Waals surface area contributed by atoms with Crippen LogP contribution in [0.25, 0.3) is 22.6 Å². The van der Waals surface area contributed by atoms with Gasteiger partial charge in [-0.05, 0) is 54.7 Å². The second-order valence-electron chi connectivity index (χ2n) is 7.17. The van der Waals surface area contributed by atoms with Crippen molar-refractivity contribution in [3.63, 3.8) is 0 Å². The number of hydrogen-bond donors (Lipinski definition) is 0. The van der Waals surface area contributed by atoms with Gasteiger partial charge in [-0.3, -0.25) is 0 Å². The van der Waals surface area contributed by atoms with E-state index in [2.05, 4.69) is 0 Å². The van der Waals surface area contributed by atoms with E-state index in [-0.39, 0.29) is 0 Å². The van der Waals surface area contributed by atoms with E-state index < -0.39 is 18.5 Å². The van der Waals surface area contributed by atoms with Crippen molar-refractivity contribution in [2.75, 3.05) is 13.2 Å². The van der Waals surface area contributed by atoms with Crippen molar-refractivity contribution in [3.8, 4) is 0 Å². The first-order chi connectivity index (χ1) is 14.7. The number of carbonyl (C=O) groups excluding carboxylic acids is 2. The monoisotopic (exact) mass is 405 g/mol. The number of carbonyl (C=O) groups is 2. The molecule has 1 aliphatic carbocycles. The number of pyridine rings is 1. The van der Waals surface area contributed by atoms with Gasteiger partial charge in [0.05, 0.1) is 29.6 Å². The number of fused-ring (bicyclic) bond motifs is 2. The fourth-order valence-electron chi connectivity index (χ4n) is 3.63. The van der Waals surface area contributed by atoms with Gasteiger partial charge in [-0.1, -0.05) is 31.5 Å². The Morgan fingerprint density at radius 2 is 2.00 bits per heavy atom. The van der Waals surface area contributed by atoms with Crippen LogP contribution in [0.3, 0.4) is 0 Å². The lowest BCUT2D eigenvalue weighted by atomic mass is 10.0. The maximum Gasteiger partial charge on any atom is 0.344 e. The Balaban J connectivity index is 1.64. The first-order valence-corrected chi connectivity index (χ1v) is 10.2. The van der Waals surface area contributed by atoms with Gasteiger partial charge in [0.2, 0.25) is 0 Å². The van der Waals surface area contributed by atoms with E-state index in [1.54, 1.807) is 6.26 Å². The van der Waals surface area contributed by atoms with Gasteiger partial charge in [-0.25, -0.2) is 14.6 Å². The molecule has 2 heterocycles. The van der Waals surface area contributed by atoms with Gasteiger partial charge in [-0.15, -0.1) is 0 Å². The molecule has 0 bridgehead atoms. The van der Waals surface area contributed by atoms with Crippen molar-refractivity contribution < 1.29 is 23.5 Å². The number of para-hydroxylation sites is 1. The normalized spacial score (nSPS) is 14.1. The second kappa shape index (κ2) is 8.95. The summed E-state index contributed by atoms with van der Waals surface area (Å²) in [4.78, 5) is 29.6. The Bertz CT molecular complexity index is 1100. The van der Waals surface area contributed by atoms with Crippen LogP contribution in [0.1, 0.15) is 53.6 Å². The molecule has 0 unspecified atom stereocenters. The Labute approximate surface area is 174 Å². The van der Waals surface area contributed by atoms with Crippen molar-refractivity contribution >= 4 is 34.5 Å². The minimum absolute atomic E-state index is 0.335. The van der Waals surface area contributed by atoms with Crippen LogP contribution in [-0.4, -0.2) is 30.1 Å². The molecule has 4 rings (SSSR count). The molecule has 0 aliphatic heterocycles.